The van der Waals surface area contributed by atoms with Crippen LogP contribution in [-0.2, 0) is 9.53 Å². The van der Waals surface area contributed by atoms with Crippen LogP contribution in [0.25, 0.3) is 0 Å². The first-order valence-corrected chi connectivity index (χ1v) is 6.50. The number of Topliss-reactive ketones (excluding diaryl/α,β-unsaturated/α-hetero) is 1. The number of rotatable bonds is 1. The van der Waals surface area contributed by atoms with Crippen LogP contribution in [-0.4, -0.2) is 12.4 Å². The van der Waals surface area contributed by atoms with E-state index >= 15 is 0 Å². The highest BCUT2D eigenvalue weighted by Crippen LogP contribution is 2.47. The summed E-state index contributed by atoms with van der Waals surface area (Å²) in [6, 6.07) is 10.3. The maximum atomic E-state index is 12.1. The van der Waals surface area contributed by atoms with Crippen molar-refractivity contribution in [2.45, 2.75) is 38.2 Å². The zero-order valence-electron chi connectivity index (χ0n) is 10.0. The third-order valence-electron chi connectivity index (χ3n) is 4.21. The average Bonchev–Trinajstić information content (AvgIpc) is 2.80. The standard InChI is InChI=1S/C15H18O2/c16-14-8-4-5-9-15(14)10-13(17-11-15)12-6-2-1-3-7-12/h1-3,6-7,13H,4-5,8-11H2/t13-,15-/m1/s1. The quantitative estimate of drug-likeness (QED) is 0.740. The summed E-state index contributed by atoms with van der Waals surface area (Å²) < 4.78 is 5.88. The predicted octanol–water partition coefficient (Wildman–Crippen LogP) is 3.28. The van der Waals surface area contributed by atoms with E-state index in [9.17, 15) is 4.79 Å². The zero-order valence-corrected chi connectivity index (χ0v) is 10.0. The minimum atomic E-state index is -0.154. The summed E-state index contributed by atoms with van der Waals surface area (Å²) in [6.07, 6.45) is 5.03. The molecule has 17 heavy (non-hydrogen) atoms. The molecule has 1 aromatic carbocycles. The monoisotopic (exact) mass is 230 g/mol. The molecule has 2 aliphatic rings. The molecule has 1 saturated carbocycles. The molecule has 1 aliphatic carbocycles. The smallest absolute Gasteiger partial charge is 0.141 e. The lowest BCUT2D eigenvalue weighted by molar-refractivity contribution is -0.131. The molecule has 3 rings (SSSR count). The molecule has 0 aromatic heterocycles. The Bertz CT molecular complexity index is 412. The molecule has 1 aromatic rings. The normalized spacial score (nSPS) is 33.2. The summed E-state index contributed by atoms with van der Waals surface area (Å²) in [5.41, 5.74) is 1.06. The maximum absolute atomic E-state index is 12.1. The van der Waals surface area contributed by atoms with E-state index in [0.717, 1.165) is 25.7 Å². The maximum Gasteiger partial charge on any atom is 0.141 e. The molecular weight excluding hydrogens is 212 g/mol. The number of hydrogen-bond donors (Lipinski definition) is 0. The molecule has 90 valence electrons. The van der Waals surface area contributed by atoms with E-state index in [0.29, 0.717) is 12.4 Å². The average molecular weight is 230 g/mol. The highest BCUT2D eigenvalue weighted by molar-refractivity contribution is 5.86. The molecule has 0 unspecified atom stereocenters. The minimum Gasteiger partial charge on any atom is -0.372 e. The van der Waals surface area contributed by atoms with Crippen LogP contribution in [0.4, 0.5) is 0 Å². The summed E-state index contributed by atoms with van der Waals surface area (Å²) in [7, 11) is 0. The predicted molar refractivity (Wildman–Crippen MR) is 65.7 cm³/mol. The van der Waals surface area contributed by atoms with E-state index in [4.69, 9.17) is 4.74 Å². The lowest BCUT2D eigenvalue weighted by Gasteiger charge is -2.30. The molecule has 1 aliphatic heterocycles. The van der Waals surface area contributed by atoms with Gasteiger partial charge in [0.15, 0.2) is 0 Å². The lowest BCUT2D eigenvalue weighted by Crippen LogP contribution is -2.34. The largest absolute Gasteiger partial charge is 0.372 e. The van der Waals surface area contributed by atoms with E-state index in [-0.39, 0.29) is 11.5 Å². The first-order valence-electron chi connectivity index (χ1n) is 6.50. The van der Waals surface area contributed by atoms with Crippen molar-refractivity contribution in [2.75, 3.05) is 6.61 Å². The van der Waals surface area contributed by atoms with E-state index in [1.54, 1.807) is 0 Å². The topological polar surface area (TPSA) is 26.3 Å². The number of carbonyl (C=O) groups is 1. The molecule has 2 fully saturated rings. The van der Waals surface area contributed by atoms with Crippen LogP contribution in [0.1, 0.15) is 43.8 Å². The Morgan fingerprint density at radius 2 is 2.00 bits per heavy atom. The Morgan fingerprint density at radius 1 is 1.18 bits per heavy atom. The van der Waals surface area contributed by atoms with Gasteiger partial charge in [0.05, 0.1) is 18.1 Å². The van der Waals surface area contributed by atoms with Crippen LogP contribution >= 0.6 is 0 Å². The van der Waals surface area contributed by atoms with Crippen molar-refractivity contribution in [2.24, 2.45) is 5.41 Å². The highest BCUT2D eigenvalue weighted by atomic mass is 16.5. The summed E-state index contributed by atoms with van der Waals surface area (Å²) in [5.74, 6) is 0.433. The molecule has 0 radical (unpaired) electrons. The molecular formula is C15H18O2. The van der Waals surface area contributed by atoms with Crippen molar-refractivity contribution in [1.29, 1.82) is 0 Å². The van der Waals surface area contributed by atoms with Gasteiger partial charge in [-0.2, -0.15) is 0 Å². The number of ether oxygens (including phenoxy) is 1. The van der Waals surface area contributed by atoms with Crippen LogP contribution in [0.3, 0.4) is 0 Å². The van der Waals surface area contributed by atoms with Crippen LogP contribution in [0.5, 0.6) is 0 Å². The first kappa shape index (κ1) is 11.0. The van der Waals surface area contributed by atoms with Crippen LogP contribution in [0.2, 0.25) is 0 Å². The van der Waals surface area contributed by atoms with Gasteiger partial charge in [0.25, 0.3) is 0 Å². The second-order valence-electron chi connectivity index (χ2n) is 5.33. The highest BCUT2D eigenvalue weighted by Gasteiger charge is 2.46. The van der Waals surface area contributed by atoms with Gasteiger partial charge in [0.1, 0.15) is 5.78 Å². The van der Waals surface area contributed by atoms with Crippen LogP contribution in [0, 0.1) is 5.41 Å². The Labute approximate surface area is 102 Å². The molecule has 2 heteroatoms. The third-order valence-corrected chi connectivity index (χ3v) is 4.21. The van der Waals surface area contributed by atoms with E-state index in [1.165, 1.54) is 12.0 Å². The van der Waals surface area contributed by atoms with Crippen molar-refractivity contribution in [3.05, 3.63) is 35.9 Å². The molecule has 1 heterocycles. The summed E-state index contributed by atoms with van der Waals surface area (Å²) in [4.78, 5) is 12.1. The van der Waals surface area contributed by atoms with Gasteiger partial charge in [0, 0.05) is 6.42 Å². The summed E-state index contributed by atoms with van der Waals surface area (Å²) in [6.45, 7) is 0.630. The minimum absolute atomic E-state index is 0.123. The van der Waals surface area contributed by atoms with Gasteiger partial charge in [0.2, 0.25) is 0 Å². The van der Waals surface area contributed by atoms with Crippen molar-refractivity contribution >= 4 is 5.78 Å². The zero-order chi connectivity index (χ0) is 11.7. The first-order chi connectivity index (χ1) is 8.30. The molecule has 1 spiro atoms. The van der Waals surface area contributed by atoms with Gasteiger partial charge >= 0.3 is 0 Å². The van der Waals surface area contributed by atoms with Crippen molar-refractivity contribution in [3.8, 4) is 0 Å². The SMILES string of the molecule is O=C1CCCC[C@@]12CO[C@@H](c1ccccc1)C2. The molecule has 2 atom stereocenters. The fraction of sp³-hybridized carbons (Fsp3) is 0.533. The fourth-order valence-electron chi connectivity index (χ4n) is 3.14. The van der Waals surface area contributed by atoms with Gasteiger partial charge in [-0.05, 0) is 24.8 Å². The second kappa shape index (κ2) is 4.26. The molecule has 0 amide bonds. The summed E-state index contributed by atoms with van der Waals surface area (Å²) >= 11 is 0. The number of carbonyl (C=O) groups excluding carboxylic acids is 1. The van der Waals surface area contributed by atoms with Crippen molar-refractivity contribution < 1.29 is 9.53 Å². The third kappa shape index (κ3) is 1.91. The molecule has 0 bridgehead atoms. The Hall–Kier alpha value is -1.15. The van der Waals surface area contributed by atoms with Gasteiger partial charge < -0.3 is 4.74 Å². The van der Waals surface area contributed by atoms with Gasteiger partial charge in [-0.25, -0.2) is 0 Å². The van der Waals surface area contributed by atoms with Gasteiger partial charge in [-0.3, -0.25) is 4.79 Å². The summed E-state index contributed by atoms with van der Waals surface area (Å²) in [5, 5.41) is 0. The van der Waals surface area contributed by atoms with Crippen LogP contribution < -0.4 is 0 Å². The van der Waals surface area contributed by atoms with Crippen molar-refractivity contribution in [1.82, 2.24) is 0 Å². The Balaban J connectivity index is 1.79. The van der Waals surface area contributed by atoms with E-state index in [1.807, 2.05) is 18.2 Å². The molecule has 1 saturated heterocycles. The number of hydrogen-bond acceptors (Lipinski definition) is 2. The molecule has 0 N–H and O–H groups in total. The molecule has 2 nitrogen and oxygen atoms in total. The van der Waals surface area contributed by atoms with Crippen molar-refractivity contribution in [3.63, 3.8) is 0 Å². The fourth-order valence-corrected chi connectivity index (χ4v) is 3.14. The van der Waals surface area contributed by atoms with E-state index in [2.05, 4.69) is 12.1 Å². The number of ketones is 1. The number of benzene rings is 1. The van der Waals surface area contributed by atoms with Gasteiger partial charge in [-0.1, -0.05) is 36.8 Å². The van der Waals surface area contributed by atoms with Gasteiger partial charge in [-0.15, -0.1) is 0 Å². The Morgan fingerprint density at radius 3 is 2.76 bits per heavy atom. The second-order valence-corrected chi connectivity index (χ2v) is 5.33. The lowest BCUT2D eigenvalue weighted by atomic mass is 9.71. The Kier molecular flexibility index (Phi) is 2.75. The van der Waals surface area contributed by atoms with E-state index < -0.39 is 0 Å². The van der Waals surface area contributed by atoms with Crippen LogP contribution in [0.15, 0.2) is 30.3 Å².